The van der Waals surface area contributed by atoms with Gasteiger partial charge in [-0.1, -0.05) is 100 Å². The average molecular weight is 532 g/mol. The molecule has 1 aromatic heterocycles. The lowest BCUT2D eigenvalue weighted by Gasteiger charge is -2.31. The summed E-state index contributed by atoms with van der Waals surface area (Å²) >= 11 is 6.17. The molecule has 1 heterocycles. The van der Waals surface area contributed by atoms with Crippen molar-refractivity contribution < 1.29 is 0 Å². The SMILES string of the molecule is CN(C)c1nc(CCCC2CCC(CCCCC3(c4ccc(Cl)cc4)CCCC3)CC2)nc2ccccc12. The van der Waals surface area contributed by atoms with Gasteiger partial charge in [0.05, 0.1) is 5.52 Å². The largest absolute Gasteiger partial charge is 0.362 e. The minimum absolute atomic E-state index is 0.421. The summed E-state index contributed by atoms with van der Waals surface area (Å²) in [7, 11) is 4.15. The zero-order valence-corrected chi connectivity index (χ0v) is 24.4. The first-order chi connectivity index (χ1) is 18.5. The van der Waals surface area contributed by atoms with Crippen LogP contribution in [0.1, 0.15) is 101 Å². The summed E-state index contributed by atoms with van der Waals surface area (Å²) in [6, 6.07) is 17.1. The molecule has 0 atom stereocenters. The van der Waals surface area contributed by atoms with Crippen LogP contribution in [0.3, 0.4) is 0 Å². The summed E-state index contributed by atoms with van der Waals surface area (Å²) in [5, 5.41) is 2.00. The molecule has 2 saturated carbocycles. The van der Waals surface area contributed by atoms with E-state index < -0.39 is 0 Å². The highest BCUT2D eigenvalue weighted by Crippen LogP contribution is 2.45. The molecule has 3 nitrogen and oxygen atoms in total. The molecule has 0 spiro atoms. The molecule has 0 unspecified atom stereocenters. The van der Waals surface area contributed by atoms with Crippen LogP contribution in [0.25, 0.3) is 10.9 Å². The smallest absolute Gasteiger partial charge is 0.139 e. The number of hydrogen-bond donors (Lipinski definition) is 0. The van der Waals surface area contributed by atoms with Crippen molar-refractivity contribution in [3.63, 3.8) is 0 Å². The summed E-state index contributed by atoms with van der Waals surface area (Å²) in [6.45, 7) is 0. The molecule has 2 fully saturated rings. The molecule has 0 N–H and O–H groups in total. The Balaban J connectivity index is 1.02. The van der Waals surface area contributed by atoms with Gasteiger partial charge < -0.3 is 4.90 Å². The van der Waals surface area contributed by atoms with Crippen molar-refractivity contribution in [2.75, 3.05) is 19.0 Å². The van der Waals surface area contributed by atoms with Crippen LogP contribution >= 0.6 is 11.6 Å². The van der Waals surface area contributed by atoms with Crippen molar-refractivity contribution in [3.8, 4) is 0 Å². The number of benzene rings is 2. The Bertz CT molecular complexity index is 1160. The number of unbranched alkanes of at least 4 members (excludes halogenated alkanes) is 1. The maximum atomic E-state index is 6.17. The molecular weight excluding hydrogens is 486 g/mol. The molecule has 0 radical (unpaired) electrons. The van der Waals surface area contributed by atoms with Gasteiger partial charge in [-0.15, -0.1) is 0 Å². The number of nitrogens with zero attached hydrogens (tertiary/aromatic N) is 3. The van der Waals surface area contributed by atoms with Crippen LogP contribution in [0.4, 0.5) is 5.82 Å². The fourth-order valence-corrected chi connectivity index (χ4v) is 7.48. The van der Waals surface area contributed by atoms with Crippen LogP contribution in [0.5, 0.6) is 0 Å². The van der Waals surface area contributed by atoms with Crippen molar-refractivity contribution in [1.82, 2.24) is 9.97 Å². The predicted molar refractivity (Wildman–Crippen MR) is 162 cm³/mol. The van der Waals surface area contributed by atoms with Gasteiger partial charge in [0.1, 0.15) is 11.6 Å². The lowest BCUT2D eigenvalue weighted by atomic mass is 9.74. The van der Waals surface area contributed by atoms with E-state index in [1.807, 2.05) is 0 Å². The first kappa shape index (κ1) is 27.4. The van der Waals surface area contributed by atoms with Crippen LogP contribution in [-0.2, 0) is 11.8 Å². The maximum absolute atomic E-state index is 6.17. The minimum Gasteiger partial charge on any atom is -0.362 e. The quantitative estimate of drug-likeness (QED) is 0.230. The first-order valence-corrected chi connectivity index (χ1v) is 15.6. The van der Waals surface area contributed by atoms with Crippen LogP contribution in [0.15, 0.2) is 48.5 Å². The number of rotatable bonds is 11. The second-order valence-electron chi connectivity index (χ2n) is 12.4. The van der Waals surface area contributed by atoms with Gasteiger partial charge in [0.15, 0.2) is 0 Å². The molecule has 0 bridgehead atoms. The Labute approximate surface area is 235 Å². The Kier molecular flexibility index (Phi) is 9.25. The molecule has 5 rings (SSSR count). The van der Waals surface area contributed by atoms with Gasteiger partial charge in [-0.2, -0.15) is 0 Å². The van der Waals surface area contributed by atoms with E-state index in [9.17, 15) is 0 Å². The molecule has 2 aliphatic carbocycles. The summed E-state index contributed by atoms with van der Waals surface area (Å²) < 4.78 is 0. The summed E-state index contributed by atoms with van der Waals surface area (Å²) in [6.07, 6.45) is 20.3. The average Bonchev–Trinajstić information content (AvgIpc) is 3.42. The van der Waals surface area contributed by atoms with Gasteiger partial charge in [0, 0.05) is 30.9 Å². The van der Waals surface area contributed by atoms with Gasteiger partial charge >= 0.3 is 0 Å². The molecule has 4 heteroatoms. The van der Waals surface area contributed by atoms with Crippen LogP contribution < -0.4 is 4.90 Å². The van der Waals surface area contributed by atoms with E-state index >= 15 is 0 Å². The van der Waals surface area contributed by atoms with E-state index in [1.165, 1.54) is 95.5 Å². The standard InChI is InChI=1S/C34H46ClN3/c1-38(2)33-30-12-3-4-13-31(30)36-32(37-33)14-9-11-27-17-15-26(16-18-27)10-5-6-23-34(24-7-8-25-34)28-19-21-29(35)22-20-28/h3-4,12-13,19-22,26-27H,5-11,14-18,23-25H2,1-2H3. The fourth-order valence-electron chi connectivity index (χ4n) is 7.35. The number of aromatic nitrogens is 2. The van der Waals surface area contributed by atoms with Crippen molar-refractivity contribution in [1.29, 1.82) is 0 Å². The zero-order chi connectivity index (χ0) is 26.4. The molecule has 204 valence electrons. The van der Waals surface area contributed by atoms with Gasteiger partial charge in [0.2, 0.25) is 0 Å². The zero-order valence-electron chi connectivity index (χ0n) is 23.6. The topological polar surface area (TPSA) is 29.0 Å². The molecular formula is C34H46ClN3. The monoisotopic (exact) mass is 531 g/mol. The molecule has 0 amide bonds. The highest BCUT2D eigenvalue weighted by molar-refractivity contribution is 6.30. The fraction of sp³-hybridized carbons (Fsp3) is 0.588. The number of anilines is 1. The van der Waals surface area contributed by atoms with E-state index in [0.717, 1.165) is 45.8 Å². The number of hydrogen-bond acceptors (Lipinski definition) is 3. The Morgan fingerprint density at radius 1 is 0.816 bits per heavy atom. The summed E-state index contributed by atoms with van der Waals surface area (Å²) in [5.74, 6) is 3.89. The van der Waals surface area contributed by atoms with E-state index in [2.05, 4.69) is 67.5 Å². The third-order valence-corrected chi connectivity index (χ3v) is 9.82. The second-order valence-corrected chi connectivity index (χ2v) is 12.8. The van der Waals surface area contributed by atoms with Crippen molar-refractivity contribution in [2.45, 2.75) is 102 Å². The Hall–Kier alpha value is -2.13. The van der Waals surface area contributed by atoms with Gasteiger partial charge in [-0.05, 0) is 72.8 Å². The minimum atomic E-state index is 0.421. The third kappa shape index (κ3) is 6.71. The van der Waals surface area contributed by atoms with E-state index in [0.29, 0.717) is 5.41 Å². The number of para-hydroxylation sites is 1. The molecule has 38 heavy (non-hydrogen) atoms. The molecule has 0 saturated heterocycles. The van der Waals surface area contributed by atoms with Crippen molar-refractivity contribution in [2.24, 2.45) is 11.8 Å². The molecule has 3 aromatic rings. The third-order valence-electron chi connectivity index (χ3n) is 9.57. The van der Waals surface area contributed by atoms with Crippen molar-refractivity contribution in [3.05, 3.63) is 64.9 Å². The van der Waals surface area contributed by atoms with E-state index in [4.69, 9.17) is 21.6 Å². The second kappa shape index (κ2) is 12.8. The predicted octanol–water partition coefficient (Wildman–Crippen LogP) is 9.55. The first-order valence-electron chi connectivity index (χ1n) is 15.2. The van der Waals surface area contributed by atoms with Crippen LogP contribution in [0.2, 0.25) is 5.02 Å². The normalized spacial score (nSPS) is 21.1. The molecule has 0 aliphatic heterocycles. The van der Waals surface area contributed by atoms with E-state index in [-0.39, 0.29) is 0 Å². The van der Waals surface area contributed by atoms with Gasteiger partial charge in [-0.25, -0.2) is 9.97 Å². The molecule has 2 aliphatic rings. The van der Waals surface area contributed by atoms with E-state index in [1.54, 1.807) is 0 Å². The lowest BCUT2D eigenvalue weighted by Crippen LogP contribution is -2.22. The molecule has 2 aromatic carbocycles. The van der Waals surface area contributed by atoms with Crippen LogP contribution in [-0.4, -0.2) is 24.1 Å². The van der Waals surface area contributed by atoms with Gasteiger partial charge in [0.25, 0.3) is 0 Å². The summed E-state index contributed by atoms with van der Waals surface area (Å²) in [4.78, 5) is 11.9. The highest BCUT2D eigenvalue weighted by atomic mass is 35.5. The number of fused-ring (bicyclic) bond motifs is 1. The Morgan fingerprint density at radius 2 is 1.47 bits per heavy atom. The maximum Gasteiger partial charge on any atom is 0.139 e. The number of halogens is 1. The lowest BCUT2D eigenvalue weighted by molar-refractivity contribution is 0.243. The Morgan fingerprint density at radius 3 is 2.16 bits per heavy atom. The van der Waals surface area contributed by atoms with Gasteiger partial charge in [-0.3, -0.25) is 0 Å². The van der Waals surface area contributed by atoms with Crippen LogP contribution in [0, 0.1) is 11.8 Å². The highest BCUT2D eigenvalue weighted by Gasteiger charge is 2.35. The van der Waals surface area contributed by atoms with Crippen molar-refractivity contribution >= 4 is 28.3 Å². The summed E-state index contributed by atoms with van der Waals surface area (Å²) in [5.41, 5.74) is 3.02. The number of aryl methyl sites for hydroxylation is 1.